The fourth-order valence-corrected chi connectivity index (χ4v) is 1.56. The molecule has 1 aromatic heterocycles. The largest absolute Gasteiger partial charge is 0.497 e. The van der Waals surface area contributed by atoms with E-state index in [1.807, 2.05) is 24.3 Å². The van der Waals surface area contributed by atoms with E-state index in [-0.39, 0.29) is 0 Å². The summed E-state index contributed by atoms with van der Waals surface area (Å²) in [6.07, 6.45) is 3.04. The normalized spacial score (nSPS) is 10.3. The van der Waals surface area contributed by atoms with E-state index < -0.39 is 7.12 Å². The zero-order valence-corrected chi connectivity index (χ0v) is 9.45. The van der Waals surface area contributed by atoms with Crippen LogP contribution >= 0.6 is 0 Å². The van der Waals surface area contributed by atoms with Gasteiger partial charge < -0.3 is 14.8 Å². The number of nitrogens with zero attached hydrogens (tertiary/aromatic N) is 2. The minimum atomic E-state index is -1.48. The predicted octanol–water partition coefficient (Wildman–Crippen LogP) is -0.380. The first-order valence-corrected chi connectivity index (χ1v) is 5.20. The van der Waals surface area contributed by atoms with Gasteiger partial charge in [-0.05, 0) is 17.7 Å². The SMILES string of the molecule is COc1cccc(Cn2cc(B(O)O)cn2)c1. The van der Waals surface area contributed by atoms with E-state index in [0.29, 0.717) is 12.0 Å². The Morgan fingerprint density at radius 1 is 1.41 bits per heavy atom. The molecular weight excluding hydrogens is 219 g/mol. The van der Waals surface area contributed by atoms with Crippen molar-refractivity contribution in [1.29, 1.82) is 0 Å². The summed E-state index contributed by atoms with van der Waals surface area (Å²) in [6, 6.07) is 7.64. The summed E-state index contributed by atoms with van der Waals surface area (Å²) in [6.45, 7) is 0.559. The summed E-state index contributed by atoms with van der Waals surface area (Å²) in [7, 11) is 0.141. The van der Waals surface area contributed by atoms with Crippen LogP contribution in [0, 0.1) is 0 Å². The fraction of sp³-hybridized carbons (Fsp3) is 0.182. The van der Waals surface area contributed by atoms with Crippen LogP contribution in [0.1, 0.15) is 5.56 Å². The average Bonchev–Trinajstić information content (AvgIpc) is 2.78. The highest BCUT2D eigenvalue weighted by atomic mass is 16.5. The number of rotatable bonds is 4. The molecule has 17 heavy (non-hydrogen) atoms. The monoisotopic (exact) mass is 232 g/mol. The van der Waals surface area contributed by atoms with E-state index in [1.54, 1.807) is 18.0 Å². The molecule has 0 amide bonds. The maximum Gasteiger partial charge on any atom is 0.491 e. The molecule has 2 N–H and O–H groups in total. The quantitative estimate of drug-likeness (QED) is 0.705. The van der Waals surface area contributed by atoms with E-state index in [2.05, 4.69) is 5.10 Å². The van der Waals surface area contributed by atoms with Crippen molar-refractivity contribution in [2.75, 3.05) is 7.11 Å². The zero-order valence-electron chi connectivity index (χ0n) is 9.45. The third-order valence-corrected chi connectivity index (χ3v) is 2.43. The van der Waals surface area contributed by atoms with Gasteiger partial charge in [-0.3, -0.25) is 4.68 Å². The van der Waals surface area contributed by atoms with Crippen molar-refractivity contribution in [2.45, 2.75) is 6.54 Å². The van der Waals surface area contributed by atoms with E-state index in [1.165, 1.54) is 6.20 Å². The topological polar surface area (TPSA) is 67.5 Å². The summed E-state index contributed by atoms with van der Waals surface area (Å²) in [4.78, 5) is 0. The minimum absolute atomic E-state index is 0.382. The van der Waals surface area contributed by atoms with Crippen LogP contribution in [0.3, 0.4) is 0 Å². The smallest absolute Gasteiger partial charge is 0.491 e. The molecule has 0 aliphatic carbocycles. The highest BCUT2D eigenvalue weighted by molar-refractivity contribution is 6.58. The molecule has 0 saturated carbocycles. The third-order valence-electron chi connectivity index (χ3n) is 2.43. The lowest BCUT2D eigenvalue weighted by molar-refractivity contribution is 0.414. The van der Waals surface area contributed by atoms with Gasteiger partial charge in [-0.1, -0.05) is 12.1 Å². The van der Waals surface area contributed by atoms with Gasteiger partial charge in [0.15, 0.2) is 0 Å². The summed E-state index contributed by atoms with van der Waals surface area (Å²) in [5, 5.41) is 22.0. The average molecular weight is 232 g/mol. The van der Waals surface area contributed by atoms with Crippen LogP contribution in [0.2, 0.25) is 0 Å². The molecule has 0 aliphatic heterocycles. The molecule has 0 fully saturated rings. The van der Waals surface area contributed by atoms with Crippen LogP contribution in [-0.4, -0.2) is 34.1 Å². The van der Waals surface area contributed by atoms with Crippen molar-refractivity contribution < 1.29 is 14.8 Å². The first-order valence-electron chi connectivity index (χ1n) is 5.20. The van der Waals surface area contributed by atoms with Crippen molar-refractivity contribution >= 4 is 12.6 Å². The van der Waals surface area contributed by atoms with Gasteiger partial charge >= 0.3 is 7.12 Å². The maximum atomic E-state index is 8.97. The van der Waals surface area contributed by atoms with Crippen molar-refractivity contribution in [1.82, 2.24) is 9.78 Å². The second-order valence-electron chi connectivity index (χ2n) is 3.70. The van der Waals surface area contributed by atoms with Gasteiger partial charge in [0.05, 0.1) is 13.7 Å². The van der Waals surface area contributed by atoms with Gasteiger partial charge in [-0.25, -0.2) is 0 Å². The summed E-state index contributed by atoms with van der Waals surface area (Å²) in [5.74, 6) is 0.789. The Balaban J connectivity index is 2.13. The summed E-state index contributed by atoms with van der Waals surface area (Å²) < 4.78 is 6.77. The van der Waals surface area contributed by atoms with Crippen LogP contribution < -0.4 is 10.2 Å². The molecule has 5 nitrogen and oxygen atoms in total. The van der Waals surface area contributed by atoms with Gasteiger partial charge in [-0.2, -0.15) is 5.10 Å². The Morgan fingerprint density at radius 3 is 2.88 bits per heavy atom. The number of benzene rings is 1. The molecule has 0 aliphatic rings. The van der Waals surface area contributed by atoms with Gasteiger partial charge in [0, 0.05) is 17.9 Å². The molecule has 0 radical (unpaired) electrons. The lowest BCUT2D eigenvalue weighted by Crippen LogP contribution is -2.28. The Bertz CT molecular complexity index is 499. The van der Waals surface area contributed by atoms with Crippen LogP contribution in [0.25, 0.3) is 0 Å². The minimum Gasteiger partial charge on any atom is -0.497 e. The lowest BCUT2D eigenvalue weighted by atomic mass is 9.83. The van der Waals surface area contributed by atoms with Gasteiger partial charge in [-0.15, -0.1) is 0 Å². The van der Waals surface area contributed by atoms with Gasteiger partial charge in [0.1, 0.15) is 5.75 Å². The van der Waals surface area contributed by atoms with E-state index in [9.17, 15) is 0 Å². The van der Waals surface area contributed by atoms with Gasteiger partial charge in [0.2, 0.25) is 0 Å². The number of methoxy groups -OCH3 is 1. The molecular formula is C11H13BN2O3. The molecule has 0 atom stereocenters. The van der Waals surface area contributed by atoms with Crippen LogP contribution in [-0.2, 0) is 6.54 Å². The van der Waals surface area contributed by atoms with Crippen molar-refractivity contribution in [3.05, 3.63) is 42.2 Å². The molecule has 0 unspecified atom stereocenters. The summed E-state index contributed by atoms with van der Waals surface area (Å²) in [5.41, 5.74) is 1.42. The van der Waals surface area contributed by atoms with Crippen LogP contribution in [0.4, 0.5) is 0 Å². The molecule has 1 aromatic carbocycles. The number of hydrogen-bond acceptors (Lipinski definition) is 4. The Kier molecular flexibility index (Phi) is 3.46. The maximum absolute atomic E-state index is 8.97. The highest BCUT2D eigenvalue weighted by Gasteiger charge is 2.13. The third kappa shape index (κ3) is 2.86. The van der Waals surface area contributed by atoms with Crippen molar-refractivity contribution in [2.24, 2.45) is 0 Å². The molecule has 2 rings (SSSR count). The molecule has 1 heterocycles. The highest BCUT2D eigenvalue weighted by Crippen LogP contribution is 2.12. The fourth-order valence-electron chi connectivity index (χ4n) is 1.56. The molecule has 0 spiro atoms. The molecule has 88 valence electrons. The lowest BCUT2D eigenvalue weighted by Gasteiger charge is -2.04. The second-order valence-corrected chi connectivity index (χ2v) is 3.70. The zero-order chi connectivity index (χ0) is 12.3. The van der Waals surface area contributed by atoms with E-state index in [4.69, 9.17) is 14.8 Å². The molecule has 2 aromatic rings. The standard InChI is InChI=1S/C11H13BN2O3/c1-17-11-4-2-3-9(5-11)7-14-8-10(6-13-14)12(15)16/h2-6,8,15-16H,7H2,1H3. The second kappa shape index (κ2) is 5.03. The Hall–Kier alpha value is -1.79. The predicted molar refractivity (Wildman–Crippen MR) is 64.1 cm³/mol. The first kappa shape index (κ1) is 11.7. The van der Waals surface area contributed by atoms with Gasteiger partial charge in [0.25, 0.3) is 0 Å². The summed E-state index contributed by atoms with van der Waals surface area (Å²) >= 11 is 0. The Morgan fingerprint density at radius 2 is 2.24 bits per heavy atom. The van der Waals surface area contributed by atoms with Crippen molar-refractivity contribution in [3.8, 4) is 5.75 Å². The van der Waals surface area contributed by atoms with Crippen LogP contribution in [0.5, 0.6) is 5.75 Å². The number of ether oxygens (including phenoxy) is 1. The molecule has 6 heteroatoms. The van der Waals surface area contributed by atoms with Crippen LogP contribution in [0.15, 0.2) is 36.7 Å². The van der Waals surface area contributed by atoms with E-state index >= 15 is 0 Å². The number of hydrogen-bond donors (Lipinski definition) is 2. The molecule has 0 saturated heterocycles. The Labute approximate surface area is 99.4 Å². The van der Waals surface area contributed by atoms with Crippen molar-refractivity contribution in [3.63, 3.8) is 0 Å². The van der Waals surface area contributed by atoms with E-state index in [0.717, 1.165) is 11.3 Å². The number of aromatic nitrogens is 2. The first-order chi connectivity index (χ1) is 8.19. The molecule has 0 bridgehead atoms.